The number of fused-ring (bicyclic) bond motifs is 5. The maximum absolute atomic E-state index is 12.8. The van der Waals surface area contributed by atoms with E-state index >= 15 is 0 Å². The lowest BCUT2D eigenvalue weighted by molar-refractivity contribution is -0.171. The van der Waals surface area contributed by atoms with Crippen molar-refractivity contribution < 1.29 is 22.7 Å². The predicted molar refractivity (Wildman–Crippen MR) is 151 cm³/mol. The summed E-state index contributed by atoms with van der Waals surface area (Å²) in [7, 11) is -3.49. The molecule has 0 aromatic rings. The normalized spacial score (nSPS) is 39.9. The van der Waals surface area contributed by atoms with Crippen LogP contribution in [0.1, 0.15) is 119 Å². The van der Waals surface area contributed by atoms with Gasteiger partial charge in [0.05, 0.1) is 11.7 Å². The zero-order valence-electron chi connectivity index (χ0n) is 25.0. The highest BCUT2D eigenvalue weighted by Gasteiger charge is 2.60. The maximum atomic E-state index is 12.8. The van der Waals surface area contributed by atoms with E-state index in [2.05, 4.69) is 32.4 Å². The fourth-order valence-corrected chi connectivity index (χ4v) is 10.1. The Morgan fingerprint density at radius 3 is 2.32 bits per heavy atom. The van der Waals surface area contributed by atoms with Crippen LogP contribution in [0.15, 0.2) is 0 Å². The van der Waals surface area contributed by atoms with Gasteiger partial charge in [0.1, 0.15) is 6.10 Å². The van der Waals surface area contributed by atoms with Crippen molar-refractivity contribution in [2.75, 3.05) is 6.26 Å². The van der Waals surface area contributed by atoms with Crippen LogP contribution < -0.4 is 4.72 Å². The van der Waals surface area contributed by atoms with E-state index in [1.54, 1.807) is 0 Å². The molecule has 4 aliphatic carbocycles. The van der Waals surface area contributed by atoms with Crippen LogP contribution in [0.2, 0.25) is 0 Å². The smallest absolute Gasteiger partial charge is 0.311 e. The summed E-state index contributed by atoms with van der Waals surface area (Å²) in [6.07, 6.45) is 13.7. The fourth-order valence-electron chi connectivity index (χ4n) is 9.57. The highest BCUT2D eigenvalue weighted by molar-refractivity contribution is 7.89. The van der Waals surface area contributed by atoms with Gasteiger partial charge in [-0.3, -0.25) is 14.3 Å². The van der Waals surface area contributed by atoms with Gasteiger partial charge in [0.2, 0.25) is 15.9 Å². The van der Waals surface area contributed by atoms with Gasteiger partial charge in [-0.05, 0) is 131 Å². The summed E-state index contributed by atoms with van der Waals surface area (Å²) in [6, 6.07) is 0. The Bertz CT molecular complexity index is 1010. The lowest BCUT2D eigenvalue weighted by atomic mass is 9.44. The van der Waals surface area contributed by atoms with Crippen LogP contribution in [0.3, 0.4) is 0 Å². The van der Waals surface area contributed by atoms with Gasteiger partial charge in [0.25, 0.3) is 0 Å². The molecule has 7 unspecified atom stereocenters. The van der Waals surface area contributed by atoms with Crippen LogP contribution in [-0.4, -0.2) is 32.7 Å². The molecule has 218 valence electrons. The second-order valence-electron chi connectivity index (χ2n) is 14.7. The van der Waals surface area contributed by atoms with Crippen LogP contribution >= 0.6 is 0 Å². The first-order valence-electron chi connectivity index (χ1n) is 15.3. The number of nitrogens with one attached hydrogen (secondary N) is 1. The predicted octanol–water partition coefficient (Wildman–Crippen LogP) is 6.49. The van der Waals surface area contributed by atoms with Gasteiger partial charge in [-0.15, -0.1) is 0 Å². The average Bonchev–Trinajstić information content (AvgIpc) is 3.19. The number of amides is 1. The van der Waals surface area contributed by atoms with Crippen molar-refractivity contribution in [3.8, 4) is 0 Å². The molecule has 4 rings (SSSR count). The molecule has 1 N–H and O–H groups in total. The van der Waals surface area contributed by atoms with E-state index in [0.717, 1.165) is 49.7 Å². The summed E-state index contributed by atoms with van der Waals surface area (Å²) in [6.45, 7) is 13.4. The molecule has 0 spiro atoms. The lowest BCUT2D eigenvalue weighted by Gasteiger charge is -2.61. The van der Waals surface area contributed by atoms with E-state index in [4.69, 9.17) is 4.74 Å². The molecular weight excluding hydrogens is 498 g/mol. The SMILES string of the molecule is CCC(C)(C)C(=O)OC1CC[C@@]2(C)C(CCC3C4CCC(C(C)CCC(=O)NS(C)(=O)=O)[C@@]4(C)CCC32)C1. The molecule has 0 aromatic heterocycles. The largest absolute Gasteiger partial charge is 0.462 e. The van der Waals surface area contributed by atoms with Crippen molar-refractivity contribution in [3.63, 3.8) is 0 Å². The molecule has 0 saturated heterocycles. The lowest BCUT2D eigenvalue weighted by Crippen LogP contribution is -2.54. The summed E-state index contributed by atoms with van der Waals surface area (Å²) in [5.41, 5.74) is 0.260. The zero-order valence-corrected chi connectivity index (χ0v) is 25.8. The standard InChI is InChI=1S/C31H53NO5S/c1-8-29(3,4)28(34)37-22-15-17-30(5)21(19-22)10-11-23-25-13-12-24(31(25,6)18-16-26(23)30)20(2)9-14-27(33)32-38(7,35)36/h20-26H,8-19H2,1-7H3,(H,32,33)/t20?,21?,22?,23?,24?,25?,26?,30-,31+/m0/s1. The third kappa shape index (κ3) is 5.69. The third-order valence-electron chi connectivity index (χ3n) is 12.2. The minimum absolute atomic E-state index is 0.0318. The van der Waals surface area contributed by atoms with Gasteiger partial charge in [0, 0.05) is 6.42 Å². The topological polar surface area (TPSA) is 89.5 Å². The van der Waals surface area contributed by atoms with Crippen LogP contribution in [0.4, 0.5) is 0 Å². The maximum Gasteiger partial charge on any atom is 0.311 e. The monoisotopic (exact) mass is 551 g/mol. The average molecular weight is 552 g/mol. The van der Waals surface area contributed by atoms with Crippen LogP contribution in [0.25, 0.3) is 0 Å². The van der Waals surface area contributed by atoms with Crippen molar-refractivity contribution in [2.24, 2.45) is 51.8 Å². The number of rotatable bonds is 8. The van der Waals surface area contributed by atoms with Gasteiger partial charge in [-0.1, -0.05) is 27.7 Å². The number of hydrogen-bond acceptors (Lipinski definition) is 5. The van der Waals surface area contributed by atoms with Crippen LogP contribution in [0, 0.1) is 51.8 Å². The molecule has 7 heteroatoms. The third-order valence-corrected chi connectivity index (χ3v) is 12.8. The molecule has 4 saturated carbocycles. The minimum atomic E-state index is -3.49. The molecular formula is C31H53NO5S. The number of sulfonamides is 1. The first-order valence-corrected chi connectivity index (χ1v) is 17.2. The summed E-state index contributed by atoms with van der Waals surface area (Å²) in [5, 5.41) is 0. The molecule has 9 atom stereocenters. The second kappa shape index (κ2) is 10.7. The van der Waals surface area contributed by atoms with E-state index in [0.29, 0.717) is 28.6 Å². The van der Waals surface area contributed by atoms with Gasteiger partial charge >= 0.3 is 5.97 Å². The summed E-state index contributed by atoms with van der Waals surface area (Å²) < 4.78 is 31.0. The number of ether oxygens (including phenoxy) is 1. The van der Waals surface area contributed by atoms with Crippen molar-refractivity contribution in [1.82, 2.24) is 4.72 Å². The molecule has 0 bridgehead atoms. The summed E-state index contributed by atoms with van der Waals surface area (Å²) in [4.78, 5) is 24.9. The second-order valence-corrected chi connectivity index (χ2v) is 16.5. The molecule has 38 heavy (non-hydrogen) atoms. The Morgan fingerprint density at radius 1 is 1.00 bits per heavy atom. The first-order chi connectivity index (χ1) is 17.6. The number of hydrogen-bond donors (Lipinski definition) is 1. The molecule has 4 aliphatic rings. The van der Waals surface area contributed by atoms with Gasteiger partial charge in [-0.25, -0.2) is 8.42 Å². The van der Waals surface area contributed by atoms with Crippen LogP contribution in [0.5, 0.6) is 0 Å². The molecule has 0 aliphatic heterocycles. The van der Waals surface area contributed by atoms with Crippen molar-refractivity contribution in [2.45, 2.75) is 125 Å². The molecule has 0 radical (unpaired) electrons. The quantitative estimate of drug-likeness (QED) is 0.349. The number of esters is 1. The van der Waals surface area contributed by atoms with E-state index in [9.17, 15) is 18.0 Å². The fraction of sp³-hybridized carbons (Fsp3) is 0.935. The van der Waals surface area contributed by atoms with Crippen molar-refractivity contribution >= 4 is 21.9 Å². The van der Waals surface area contributed by atoms with E-state index < -0.39 is 15.4 Å². The Morgan fingerprint density at radius 2 is 1.66 bits per heavy atom. The zero-order chi connectivity index (χ0) is 28.1. The van der Waals surface area contributed by atoms with E-state index in [1.807, 2.05) is 13.8 Å². The molecule has 0 aromatic carbocycles. The number of carbonyl (C=O) groups excluding carboxylic acids is 2. The first kappa shape index (κ1) is 29.9. The highest BCUT2D eigenvalue weighted by atomic mass is 32.2. The van der Waals surface area contributed by atoms with Crippen LogP contribution in [-0.2, 0) is 24.3 Å². The Kier molecular flexibility index (Phi) is 8.41. The van der Waals surface area contributed by atoms with E-state index in [1.165, 1.54) is 44.9 Å². The van der Waals surface area contributed by atoms with Gasteiger partial charge < -0.3 is 4.74 Å². The van der Waals surface area contributed by atoms with Crippen molar-refractivity contribution in [1.29, 1.82) is 0 Å². The Balaban J connectivity index is 1.39. The van der Waals surface area contributed by atoms with Gasteiger partial charge in [-0.2, -0.15) is 0 Å². The number of carbonyl (C=O) groups is 2. The minimum Gasteiger partial charge on any atom is -0.462 e. The van der Waals surface area contributed by atoms with E-state index in [-0.39, 0.29) is 24.4 Å². The molecule has 0 heterocycles. The Labute approximate surface area is 231 Å². The highest BCUT2D eigenvalue weighted by Crippen LogP contribution is 2.68. The molecule has 4 fully saturated rings. The van der Waals surface area contributed by atoms with Gasteiger partial charge in [0.15, 0.2) is 0 Å². The molecule has 6 nitrogen and oxygen atoms in total. The molecule has 1 amide bonds. The summed E-state index contributed by atoms with van der Waals surface area (Å²) >= 11 is 0. The van der Waals surface area contributed by atoms with Crippen molar-refractivity contribution in [3.05, 3.63) is 0 Å². The Hall–Kier alpha value is -1.11. The summed E-state index contributed by atoms with van der Waals surface area (Å²) in [5.74, 6) is 3.53.